The molecule has 0 amide bonds. The topological polar surface area (TPSA) is 81.7 Å². The third-order valence-corrected chi connectivity index (χ3v) is 3.08. The first-order valence-electron chi connectivity index (χ1n) is 6.32. The molecule has 0 aliphatic carbocycles. The highest BCUT2D eigenvalue weighted by atomic mass is 16.5. The van der Waals surface area contributed by atoms with Gasteiger partial charge in [0.15, 0.2) is 11.5 Å². The number of hydrogen-bond donors (Lipinski definition) is 1. The van der Waals surface area contributed by atoms with E-state index in [2.05, 4.69) is 32.7 Å². The molecule has 0 aromatic carbocycles. The molecule has 18 heavy (non-hydrogen) atoms. The summed E-state index contributed by atoms with van der Waals surface area (Å²) in [5, 5.41) is 15.4. The van der Waals surface area contributed by atoms with Crippen molar-refractivity contribution in [3.8, 4) is 11.6 Å². The van der Waals surface area contributed by atoms with E-state index in [0.717, 1.165) is 38.2 Å². The first-order chi connectivity index (χ1) is 8.86. The third-order valence-electron chi connectivity index (χ3n) is 3.08. The molecule has 0 saturated carbocycles. The maximum Gasteiger partial charge on any atom is 0.280 e. The summed E-state index contributed by atoms with van der Waals surface area (Å²) in [4.78, 5) is 4.30. The van der Waals surface area contributed by atoms with E-state index in [9.17, 15) is 0 Å². The van der Waals surface area contributed by atoms with Gasteiger partial charge in [0.1, 0.15) is 0 Å². The van der Waals surface area contributed by atoms with E-state index >= 15 is 0 Å². The average Bonchev–Trinajstić information content (AvgIpc) is 3.10. The molecule has 7 nitrogen and oxygen atoms in total. The molecule has 3 rings (SSSR count). The van der Waals surface area contributed by atoms with Crippen LogP contribution in [0, 0.1) is 0 Å². The highest BCUT2D eigenvalue weighted by Gasteiger charge is 2.19. The molecule has 0 bridgehead atoms. The SMILES string of the molecule is CCCc1noc(-c2cn([C@@H]3CCNC3)nn2)n1. The fourth-order valence-electron chi connectivity index (χ4n) is 2.10. The van der Waals surface area contributed by atoms with E-state index in [1.807, 2.05) is 10.9 Å². The Kier molecular flexibility index (Phi) is 3.06. The number of rotatable bonds is 4. The summed E-state index contributed by atoms with van der Waals surface area (Å²) >= 11 is 0. The van der Waals surface area contributed by atoms with Crippen LogP contribution < -0.4 is 5.32 Å². The lowest BCUT2D eigenvalue weighted by Gasteiger charge is -2.05. The molecular weight excluding hydrogens is 232 g/mol. The Morgan fingerprint density at radius 2 is 2.50 bits per heavy atom. The number of hydrogen-bond acceptors (Lipinski definition) is 6. The summed E-state index contributed by atoms with van der Waals surface area (Å²) in [6.07, 6.45) is 4.78. The van der Waals surface area contributed by atoms with Gasteiger partial charge in [-0.1, -0.05) is 17.3 Å². The van der Waals surface area contributed by atoms with Gasteiger partial charge in [0.2, 0.25) is 0 Å². The van der Waals surface area contributed by atoms with Crippen LogP contribution >= 0.6 is 0 Å². The van der Waals surface area contributed by atoms with Gasteiger partial charge in [0.05, 0.1) is 12.2 Å². The minimum absolute atomic E-state index is 0.379. The zero-order chi connectivity index (χ0) is 12.4. The van der Waals surface area contributed by atoms with Gasteiger partial charge in [0.25, 0.3) is 5.89 Å². The van der Waals surface area contributed by atoms with Crippen molar-refractivity contribution in [3.05, 3.63) is 12.0 Å². The summed E-state index contributed by atoms with van der Waals surface area (Å²) in [7, 11) is 0. The van der Waals surface area contributed by atoms with Crippen LogP contribution in [0.15, 0.2) is 10.7 Å². The minimum Gasteiger partial charge on any atom is -0.332 e. The number of aromatic nitrogens is 5. The Labute approximate surface area is 105 Å². The van der Waals surface area contributed by atoms with Crippen LogP contribution in [0.3, 0.4) is 0 Å². The molecule has 1 fully saturated rings. The van der Waals surface area contributed by atoms with E-state index in [-0.39, 0.29) is 0 Å². The van der Waals surface area contributed by atoms with Crippen molar-refractivity contribution in [2.24, 2.45) is 0 Å². The molecule has 1 atom stereocenters. The predicted octanol–water partition coefficient (Wildman–Crippen LogP) is 0.815. The van der Waals surface area contributed by atoms with Crippen molar-refractivity contribution in [2.45, 2.75) is 32.2 Å². The molecule has 0 radical (unpaired) electrons. The van der Waals surface area contributed by atoms with E-state index in [0.29, 0.717) is 17.6 Å². The molecule has 1 saturated heterocycles. The zero-order valence-corrected chi connectivity index (χ0v) is 10.3. The van der Waals surface area contributed by atoms with Crippen LogP contribution in [-0.2, 0) is 6.42 Å². The number of nitrogens with zero attached hydrogens (tertiary/aromatic N) is 5. The Hall–Kier alpha value is -1.76. The maximum absolute atomic E-state index is 5.19. The van der Waals surface area contributed by atoms with Gasteiger partial charge in [-0.25, -0.2) is 4.68 Å². The predicted molar refractivity (Wildman–Crippen MR) is 63.8 cm³/mol. The van der Waals surface area contributed by atoms with Crippen molar-refractivity contribution in [1.29, 1.82) is 0 Å². The van der Waals surface area contributed by atoms with Crippen LogP contribution in [0.5, 0.6) is 0 Å². The van der Waals surface area contributed by atoms with E-state index in [1.165, 1.54) is 0 Å². The maximum atomic E-state index is 5.19. The van der Waals surface area contributed by atoms with Gasteiger partial charge in [-0.3, -0.25) is 0 Å². The van der Waals surface area contributed by atoms with E-state index in [1.54, 1.807) is 0 Å². The van der Waals surface area contributed by atoms with Crippen molar-refractivity contribution >= 4 is 0 Å². The van der Waals surface area contributed by atoms with Gasteiger partial charge in [-0.15, -0.1) is 5.10 Å². The summed E-state index contributed by atoms with van der Waals surface area (Å²) in [5.41, 5.74) is 0.650. The second kappa shape index (κ2) is 4.85. The molecule has 3 heterocycles. The van der Waals surface area contributed by atoms with E-state index < -0.39 is 0 Å². The number of nitrogens with one attached hydrogen (secondary N) is 1. The molecule has 1 aliphatic heterocycles. The van der Waals surface area contributed by atoms with E-state index in [4.69, 9.17) is 4.52 Å². The van der Waals surface area contributed by atoms with Crippen LogP contribution in [0.2, 0.25) is 0 Å². The van der Waals surface area contributed by atoms with Gasteiger partial charge in [0, 0.05) is 13.0 Å². The third kappa shape index (κ3) is 2.13. The summed E-state index contributed by atoms with van der Waals surface area (Å²) in [6.45, 7) is 4.05. The van der Waals surface area contributed by atoms with Gasteiger partial charge < -0.3 is 9.84 Å². The monoisotopic (exact) mass is 248 g/mol. The number of aryl methyl sites for hydroxylation is 1. The molecular formula is C11H16N6O. The molecule has 0 unspecified atom stereocenters. The molecule has 2 aromatic heterocycles. The van der Waals surface area contributed by atoms with Crippen molar-refractivity contribution in [2.75, 3.05) is 13.1 Å². The lowest BCUT2D eigenvalue weighted by molar-refractivity contribution is 0.421. The average molecular weight is 248 g/mol. The lowest BCUT2D eigenvalue weighted by atomic mass is 10.3. The van der Waals surface area contributed by atoms with Crippen molar-refractivity contribution in [3.63, 3.8) is 0 Å². The molecule has 96 valence electrons. The molecule has 7 heteroatoms. The Bertz CT molecular complexity index is 513. The first-order valence-corrected chi connectivity index (χ1v) is 6.32. The quantitative estimate of drug-likeness (QED) is 0.862. The summed E-state index contributed by atoms with van der Waals surface area (Å²) in [5.74, 6) is 1.18. The first kappa shape index (κ1) is 11.3. The highest BCUT2D eigenvalue weighted by Crippen LogP contribution is 2.18. The highest BCUT2D eigenvalue weighted by molar-refractivity contribution is 5.43. The fraction of sp³-hybridized carbons (Fsp3) is 0.636. The molecule has 0 spiro atoms. The smallest absolute Gasteiger partial charge is 0.280 e. The molecule has 2 aromatic rings. The second-order valence-electron chi connectivity index (χ2n) is 4.50. The fourth-order valence-corrected chi connectivity index (χ4v) is 2.10. The van der Waals surface area contributed by atoms with Crippen molar-refractivity contribution in [1.82, 2.24) is 30.5 Å². The lowest BCUT2D eigenvalue weighted by Crippen LogP contribution is -2.13. The normalized spacial score (nSPS) is 19.5. The Morgan fingerprint density at radius 1 is 1.56 bits per heavy atom. The molecule has 1 N–H and O–H groups in total. The van der Waals surface area contributed by atoms with Crippen LogP contribution in [0.1, 0.15) is 31.6 Å². The summed E-state index contributed by atoms with van der Waals surface area (Å²) in [6, 6.07) is 0.379. The Balaban J connectivity index is 1.78. The van der Waals surface area contributed by atoms with Crippen LogP contribution in [0.4, 0.5) is 0 Å². The van der Waals surface area contributed by atoms with Gasteiger partial charge in [-0.05, 0) is 19.4 Å². The summed E-state index contributed by atoms with van der Waals surface area (Å²) < 4.78 is 7.06. The Morgan fingerprint density at radius 3 is 3.28 bits per heavy atom. The standard InChI is InChI=1S/C11H16N6O/c1-2-3-10-13-11(18-15-10)9-7-17(16-14-9)8-4-5-12-6-8/h7-8,12H,2-6H2,1H3/t8-/m1/s1. The minimum atomic E-state index is 0.379. The van der Waals surface area contributed by atoms with Crippen molar-refractivity contribution < 1.29 is 4.52 Å². The largest absolute Gasteiger partial charge is 0.332 e. The zero-order valence-electron chi connectivity index (χ0n) is 10.3. The van der Waals surface area contributed by atoms with Gasteiger partial charge >= 0.3 is 0 Å². The second-order valence-corrected chi connectivity index (χ2v) is 4.50. The van der Waals surface area contributed by atoms with Gasteiger partial charge in [-0.2, -0.15) is 4.98 Å². The molecule has 1 aliphatic rings. The van der Waals surface area contributed by atoms with Crippen LogP contribution in [0.25, 0.3) is 11.6 Å². The van der Waals surface area contributed by atoms with Crippen LogP contribution in [-0.4, -0.2) is 38.2 Å².